The zero-order chi connectivity index (χ0) is 15.6. The van der Waals surface area contributed by atoms with Crippen molar-refractivity contribution in [1.29, 1.82) is 0 Å². The monoisotopic (exact) mass is 290 g/mol. The van der Waals surface area contributed by atoms with Crippen molar-refractivity contribution < 1.29 is 9.90 Å². The molecule has 2 heterocycles. The first-order chi connectivity index (χ1) is 9.93. The molecule has 6 heteroatoms. The summed E-state index contributed by atoms with van der Waals surface area (Å²) in [5.74, 6) is 0.0951. The summed E-state index contributed by atoms with van der Waals surface area (Å²) >= 11 is 0. The first kappa shape index (κ1) is 15.4. The summed E-state index contributed by atoms with van der Waals surface area (Å²) in [6.45, 7) is 6.00. The lowest BCUT2D eigenvalue weighted by molar-refractivity contribution is 0.0916. The van der Waals surface area contributed by atoms with Crippen LogP contribution in [0.1, 0.15) is 36.3 Å². The van der Waals surface area contributed by atoms with Gasteiger partial charge in [0.2, 0.25) is 0 Å². The number of fused-ring (bicyclic) bond motifs is 1. The van der Waals surface area contributed by atoms with Crippen LogP contribution in [0.4, 0.5) is 0 Å². The third kappa shape index (κ3) is 3.21. The Kier molecular flexibility index (Phi) is 4.57. The SMILES string of the molecule is Cc1nn(C)c2ncc(C(=O)NC(CCO)C(C)C)cc12. The fraction of sp³-hybridized carbons (Fsp3) is 0.533. The molecule has 0 aliphatic rings. The highest BCUT2D eigenvalue weighted by molar-refractivity contribution is 5.97. The molecule has 114 valence electrons. The van der Waals surface area contributed by atoms with E-state index < -0.39 is 0 Å². The van der Waals surface area contributed by atoms with Gasteiger partial charge in [0.15, 0.2) is 5.65 Å². The smallest absolute Gasteiger partial charge is 0.253 e. The second kappa shape index (κ2) is 6.22. The van der Waals surface area contributed by atoms with Gasteiger partial charge in [0, 0.05) is 31.3 Å². The van der Waals surface area contributed by atoms with Crippen molar-refractivity contribution in [3.8, 4) is 0 Å². The Hall–Kier alpha value is -1.95. The number of aryl methyl sites for hydroxylation is 2. The van der Waals surface area contributed by atoms with Gasteiger partial charge in [-0.2, -0.15) is 5.10 Å². The molecule has 0 spiro atoms. The summed E-state index contributed by atoms with van der Waals surface area (Å²) in [5, 5.41) is 17.2. The summed E-state index contributed by atoms with van der Waals surface area (Å²) < 4.78 is 1.70. The largest absolute Gasteiger partial charge is 0.396 e. The molecule has 0 aliphatic carbocycles. The van der Waals surface area contributed by atoms with Gasteiger partial charge < -0.3 is 10.4 Å². The van der Waals surface area contributed by atoms with Crippen molar-refractivity contribution in [3.63, 3.8) is 0 Å². The van der Waals surface area contributed by atoms with Crippen LogP contribution in [-0.2, 0) is 7.05 Å². The van der Waals surface area contributed by atoms with Crippen LogP contribution < -0.4 is 5.32 Å². The number of aromatic nitrogens is 3. The molecular weight excluding hydrogens is 268 g/mol. The molecule has 2 aromatic heterocycles. The quantitative estimate of drug-likeness (QED) is 0.872. The third-order valence-corrected chi connectivity index (χ3v) is 3.69. The number of aliphatic hydroxyl groups excluding tert-OH is 1. The molecule has 1 atom stereocenters. The lowest BCUT2D eigenvalue weighted by atomic mass is 10.0. The van der Waals surface area contributed by atoms with E-state index in [9.17, 15) is 4.79 Å². The van der Waals surface area contributed by atoms with Crippen LogP contribution in [0, 0.1) is 12.8 Å². The number of carbonyl (C=O) groups excluding carboxylic acids is 1. The summed E-state index contributed by atoms with van der Waals surface area (Å²) in [4.78, 5) is 16.6. The lowest BCUT2D eigenvalue weighted by Crippen LogP contribution is -2.39. The molecule has 21 heavy (non-hydrogen) atoms. The maximum absolute atomic E-state index is 12.3. The Labute approximate surface area is 124 Å². The Morgan fingerprint density at radius 2 is 2.19 bits per heavy atom. The van der Waals surface area contributed by atoms with E-state index in [0.717, 1.165) is 16.7 Å². The van der Waals surface area contributed by atoms with Crippen LogP contribution >= 0.6 is 0 Å². The lowest BCUT2D eigenvalue weighted by Gasteiger charge is -2.21. The normalized spacial score (nSPS) is 12.9. The predicted octanol–water partition coefficient (Wildman–Crippen LogP) is 1.41. The van der Waals surface area contributed by atoms with Crippen molar-refractivity contribution in [3.05, 3.63) is 23.5 Å². The zero-order valence-electron chi connectivity index (χ0n) is 12.9. The minimum absolute atomic E-state index is 0.0480. The van der Waals surface area contributed by atoms with Crippen molar-refractivity contribution in [2.75, 3.05) is 6.61 Å². The van der Waals surface area contributed by atoms with Gasteiger partial charge in [0.05, 0.1) is 11.3 Å². The van der Waals surface area contributed by atoms with Gasteiger partial charge in [0.25, 0.3) is 5.91 Å². The van der Waals surface area contributed by atoms with Crippen LogP contribution in [0.15, 0.2) is 12.3 Å². The molecule has 6 nitrogen and oxygen atoms in total. The number of aliphatic hydroxyl groups is 1. The molecule has 2 rings (SSSR count). The van der Waals surface area contributed by atoms with Crippen LogP contribution in [0.5, 0.6) is 0 Å². The molecular formula is C15H22N4O2. The van der Waals surface area contributed by atoms with Gasteiger partial charge >= 0.3 is 0 Å². The molecule has 1 amide bonds. The van der Waals surface area contributed by atoms with E-state index in [2.05, 4.69) is 15.4 Å². The van der Waals surface area contributed by atoms with Crippen molar-refractivity contribution >= 4 is 16.9 Å². The summed E-state index contributed by atoms with van der Waals surface area (Å²) in [5.41, 5.74) is 2.13. The number of carbonyl (C=O) groups is 1. The van der Waals surface area contributed by atoms with E-state index in [0.29, 0.717) is 12.0 Å². The highest BCUT2D eigenvalue weighted by Crippen LogP contribution is 2.17. The summed E-state index contributed by atoms with van der Waals surface area (Å²) in [6.07, 6.45) is 2.11. The van der Waals surface area contributed by atoms with Gasteiger partial charge in [-0.15, -0.1) is 0 Å². The van der Waals surface area contributed by atoms with Crippen molar-refractivity contribution in [2.45, 2.75) is 33.2 Å². The number of amides is 1. The van der Waals surface area contributed by atoms with Crippen molar-refractivity contribution in [1.82, 2.24) is 20.1 Å². The second-order valence-corrected chi connectivity index (χ2v) is 5.64. The van der Waals surface area contributed by atoms with Crippen LogP contribution in [0.25, 0.3) is 11.0 Å². The summed E-state index contributed by atoms with van der Waals surface area (Å²) in [7, 11) is 1.83. The fourth-order valence-corrected chi connectivity index (χ4v) is 2.40. The summed E-state index contributed by atoms with van der Waals surface area (Å²) in [6, 6.07) is 1.77. The maximum atomic E-state index is 12.3. The van der Waals surface area contributed by atoms with E-state index in [4.69, 9.17) is 5.11 Å². The fourth-order valence-electron chi connectivity index (χ4n) is 2.40. The Morgan fingerprint density at radius 1 is 1.48 bits per heavy atom. The van der Waals surface area contributed by atoms with Gasteiger partial charge in [-0.3, -0.25) is 9.48 Å². The number of nitrogens with zero attached hydrogens (tertiary/aromatic N) is 3. The van der Waals surface area contributed by atoms with E-state index in [1.165, 1.54) is 0 Å². The molecule has 1 unspecified atom stereocenters. The molecule has 0 radical (unpaired) electrons. The van der Waals surface area contributed by atoms with E-state index in [1.807, 2.05) is 33.9 Å². The highest BCUT2D eigenvalue weighted by atomic mass is 16.3. The third-order valence-electron chi connectivity index (χ3n) is 3.69. The molecule has 0 aromatic carbocycles. The van der Waals surface area contributed by atoms with Crippen LogP contribution in [0.2, 0.25) is 0 Å². The molecule has 0 saturated heterocycles. The standard InChI is InChI=1S/C15H22N4O2/c1-9(2)13(5-6-20)17-15(21)11-7-12-10(3)18-19(4)14(12)16-8-11/h7-9,13,20H,5-6H2,1-4H3,(H,17,21). The minimum atomic E-state index is -0.167. The molecule has 2 aromatic rings. The second-order valence-electron chi connectivity index (χ2n) is 5.64. The predicted molar refractivity (Wildman–Crippen MR) is 81.0 cm³/mol. The Bertz CT molecular complexity index is 648. The Balaban J connectivity index is 2.25. The maximum Gasteiger partial charge on any atom is 0.253 e. The highest BCUT2D eigenvalue weighted by Gasteiger charge is 2.18. The van der Waals surface area contributed by atoms with Gasteiger partial charge in [-0.1, -0.05) is 13.8 Å². The van der Waals surface area contributed by atoms with E-state index >= 15 is 0 Å². The first-order valence-electron chi connectivity index (χ1n) is 7.15. The molecule has 0 fully saturated rings. The minimum Gasteiger partial charge on any atom is -0.396 e. The molecule has 2 N–H and O–H groups in total. The average Bonchev–Trinajstić information content (AvgIpc) is 2.73. The number of hydrogen-bond acceptors (Lipinski definition) is 4. The first-order valence-corrected chi connectivity index (χ1v) is 7.15. The number of nitrogens with one attached hydrogen (secondary N) is 1. The van der Waals surface area contributed by atoms with Crippen LogP contribution in [0.3, 0.4) is 0 Å². The molecule has 0 aliphatic heterocycles. The number of hydrogen-bond donors (Lipinski definition) is 2. The average molecular weight is 290 g/mol. The van der Waals surface area contributed by atoms with E-state index in [-0.39, 0.29) is 24.5 Å². The number of pyridine rings is 1. The van der Waals surface area contributed by atoms with E-state index in [1.54, 1.807) is 10.9 Å². The van der Waals surface area contributed by atoms with Gasteiger partial charge in [-0.05, 0) is 25.3 Å². The van der Waals surface area contributed by atoms with Gasteiger partial charge in [-0.25, -0.2) is 4.98 Å². The molecule has 0 bridgehead atoms. The van der Waals surface area contributed by atoms with Crippen LogP contribution in [-0.4, -0.2) is 38.4 Å². The Morgan fingerprint density at radius 3 is 2.81 bits per heavy atom. The number of rotatable bonds is 5. The molecule has 0 saturated carbocycles. The van der Waals surface area contributed by atoms with Gasteiger partial charge in [0.1, 0.15) is 0 Å². The topological polar surface area (TPSA) is 80.0 Å². The zero-order valence-corrected chi connectivity index (χ0v) is 12.9. The van der Waals surface area contributed by atoms with Crippen molar-refractivity contribution in [2.24, 2.45) is 13.0 Å².